The molecule has 0 aliphatic heterocycles. The first-order chi connectivity index (χ1) is 9.73. The van der Waals surface area contributed by atoms with Gasteiger partial charge in [0.1, 0.15) is 0 Å². The lowest BCUT2D eigenvalue weighted by Crippen LogP contribution is -2.36. The Hall–Kier alpha value is -1.27. The van der Waals surface area contributed by atoms with E-state index in [0.717, 1.165) is 5.56 Å². The first kappa shape index (κ1) is 16.1. The van der Waals surface area contributed by atoms with E-state index in [9.17, 15) is 18.0 Å². The number of benzene rings is 1. The summed E-state index contributed by atoms with van der Waals surface area (Å²) in [6.45, 7) is -0.205. The average Bonchev–Trinajstić information content (AvgIpc) is 3.05. The summed E-state index contributed by atoms with van der Waals surface area (Å²) in [7, 11) is 0. The first-order valence-electron chi connectivity index (χ1n) is 6.57. The molecule has 0 aromatic heterocycles. The molecule has 21 heavy (non-hydrogen) atoms. The van der Waals surface area contributed by atoms with Gasteiger partial charge in [0.15, 0.2) is 0 Å². The summed E-state index contributed by atoms with van der Waals surface area (Å²) in [4.78, 5) is 11.7. The molecule has 1 aliphatic carbocycles. The summed E-state index contributed by atoms with van der Waals surface area (Å²) >= 11 is 5.79. The van der Waals surface area contributed by atoms with Gasteiger partial charge in [0, 0.05) is 17.6 Å². The SMILES string of the molecule is NC(=O)C1(Cc2ccc(Cl)cc2)CC1NCCC(F)(F)F. The fraction of sp³-hybridized carbons (Fsp3) is 0.500. The Bertz CT molecular complexity index is 518. The predicted molar refractivity (Wildman–Crippen MR) is 73.9 cm³/mol. The number of carbonyl (C=O) groups excluding carboxylic acids is 1. The van der Waals surface area contributed by atoms with E-state index in [2.05, 4.69) is 5.32 Å². The highest BCUT2D eigenvalue weighted by Crippen LogP contribution is 2.48. The minimum Gasteiger partial charge on any atom is -0.369 e. The third-order valence-electron chi connectivity index (χ3n) is 3.80. The molecule has 0 radical (unpaired) electrons. The quantitative estimate of drug-likeness (QED) is 0.846. The number of halogens is 4. The molecule has 1 aromatic rings. The molecule has 1 saturated carbocycles. The highest BCUT2D eigenvalue weighted by atomic mass is 35.5. The van der Waals surface area contributed by atoms with Gasteiger partial charge in [-0.15, -0.1) is 0 Å². The largest absolute Gasteiger partial charge is 0.390 e. The van der Waals surface area contributed by atoms with Gasteiger partial charge in [-0.3, -0.25) is 4.79 Å². The van der Waals surface area contributed by atoms with E-state index < -0.39 is 23.9 Å². The number of primary amides is 1. The molecule has 1 fully saturated rings. The molecule has 116 valence electrons. The second-order valence-electron chi connectivity index (χ2n) is 5.40. The van der Waals surface area contributed by atoms with E-state index in [-0.39, 0.29) is 12.6 Å². The molecule has 3 N–H and O–H groups in total. The van der Waals surface area contributed by atoms with Crippen LogP contribution in [0.2, 0.25) is 5.02 Å². The van der Waals surface area contributed by atoms with Crippen LogP contribution in [0.3, 0.4) is 0 Å². The zero-order valence-electron chi connectivity index (χ0n) is 11.2. The van der Waals surface area contributed by atoms with Crippen molar-refractivity contribution in [1.29, 1.82) is 0 Å². The van der Waals surface area contributed by atoms with Crippen LogP contribution in [-0.2, 0) is 11.2 Å². The molecular weight excluding hydrogens is 305 g/mol. The Morgan fingerprint density at radius 3 is 2.52 bits per heavy atom. The lowest BCUT2D eigenvalue weighted by Gasteiger charge is -2.15. The van der Waals surface area contributed by atoms with E-state index in [1.54, 1.807) is 24.3 Å². The second kappa shape index (κ2) is 5.85. The Labute approximate surface area is 125 Å². The highest BCUT2D eigenvalue weighted by Gasteiger charge is 2.58. The van der Waals surface area contributed by atoms with Crippen molar-refractivity contribution in [3.63, 3.8) is 0 Å². The fourth-order valence-corrected chi connectivity index (χ4v) is 2.61. The Morgan fingerprint density at radius 2 is 2.00 bits per heavy atom. The zero-order chi connectivity index (χ0) is 15.7. The maximum atomic E-state index is 12.1. The van der Waals surface area contributed by atoms with Gasteiger partial charge in [-0.2, -0.15) is 13.2 Å². The van der Waals surface area contributed by atoms with Crippen molar-refractivity contribution < 1.29 is 18.0 Å². The van der Waals surface area contributed by atoms with Gasteiger partial charge in [0.25, 0.3) is 0 Å². The van der Waals surface area contributed by atoms with E-state index in [1.807, 2.05) is 0 Å². The Kier molecular flexibility index (Phi) is 4.49. The molecule has 2 atom stereocenters. The number of nitrogens with two attached hydrogens (primary N) is 1. The number of hydrogen-bond acceptors (Lipinski definition) is 2. The van der Waals surface area contributed by atoms with Crippen LogP contribution in [0.1, 0.15) is 18.4 Å². The third kappa shape index (κ3) is 4.11. The third-order valence-corrected chi connectivity index (χ3v) is 4.05. The van der Waals surface area contributed by atoms with Gasteiger partial charge in [0.05, 0.1) is 11.8 Å². The molecule has 3 nitrogen and oxygen atoms in total. The van der Waals surface area contributed by atoms with Crippen molar-refractivity contribution in [1.82, 2.24) is 5.32 Å². The minimum atomic E-state index is -4.20. The summed E-state index contributed by atoms with van der Waals surface area (Å²) in [6.07, 6.45) is -4.25. The molecule has 7 heteroatoms. The van der Waals surface area contributed by atoms with Crippen molar-refractivity contribution in [3.8, 4) is 0 Å². The smallest absolute Gasteiger partial charge is 0.369 e. The average molecular weight is 321 g/mol. The molecule has 2 unspecified atom stereocenters. The fourth-order valence-electron chi connectivity index (χ4n) is 2.48. The van der Waals surface area contributed by atoms with Crippen molar-refractivity contribution in [3.05, 3.63) is 34.9 Å². The number of carbonyl (C=O) groups is 1. The number of alkyl halides is 3. The lowest BCUT2D eigenvalue weighted by atomic mass is 9.95. The first-order valence-corrected chi connectivity index (χ1v) is 6.95. The van der Waals surface area contributed by atoms with Crippen LogP contribution in [-0.4, -0.2) is 24.7 Å². The van der Waals surface area contributed by atoms with E-state index in [4.69, 9.17) is 17.3 Å². The number of amides is 1. The van der Waals surface area contributed by atoms with Gasteiger partial charge in [0.2, 0.25) is 5.91 Å². The van der Waals surface area contributed by atoms with Crippen LogP contribution in [0.25, 0.3) is 0 Å². The van der Waals surface area contributed by atoms with Crippen LogP contribution >= 0.6 is 11.6 Å². The molecule has 1 aliphatic rings. The van der Waals surface area contributed by atoms with Crippen molar-refractivity contribution >= 4 is 17.5 Å². The van der Waals surface area contributed by atoms with E-state index >= 15 is 0 Å². The minimum absolute atomic E-state index is 0.205. The highest BCUT2D eigenvalue weighted by molar-refractivity contribution is 6.30. The van der Waals surface area contributed by atoms with Gasteiger partial charge in [-0.05, 0) is 30.5 Å². The van der Waals surface area contributed by atoms with Crippen LogP contribution in [0.5, 0.6) is 0 Å². The van der Waals surface area contributed by atoms with Gasteiger partial charge >= 0.3 is 6.18 Å². The molecular formula is C14H16ClF3N2O. The van der Waals surface area contributed by atoms with Gasteiger partial charge < -0.3 is 11.1 Å². The van der Waals surface area contributed by atoms with Gasteiger partial charge in [-0.25, -0.2) is 0 Å². The van der Waals surface area contributed by atoms with Crippen LogP contribution in [0, 0.1) is 5.41 Å². The Morgan fingerprint density at radius 1 is 1.38 bits per heavy atom. The second-order valence-corrected chi connectivity index (χ2v) is 5.84. The summed E-state index contributed by atoms with van der Waals surface area (Å²) in [5.74, 6) is -0.484. The topological polar surface area (TPSA) is 55.1 Å². The van der Waals surface area contributed by atoms with Crippen molar-refractivity contribution in [2.45, 2.75) is 31.5 Å². The van der Waals surface area contributed by atoms with Gasteiger partial charge in [-0.1, -0.05) is 23.7 Å². The molecule has 2 rings (SSSR count). The zero-order valence-corrected chi connectivity index (χ0v) is 12.0. The summed E-state index contributed by atoms with van der Waals surface area (Å²) in [5, 5.41) is 3.36. The number of rotatable bonds is 6. The monoisotopic (exact) mass is 320 g/mol. The molecule has 0 bridgehead atoms. The van der Waals surface area contributed by atoms with Crippen molar-refractivity contribution in [2.24, 2.45) is 11.1 Å². The van der Waals surface area contributed by atoms with E-state index in [0.29, 0.717) is 17.9 Å². The molecule has 1 amide bonds. The molecule has 0 spiro atoms. The predicted octanol–water partition coefficient (Wildman–Crippen LogP) is 2.67. The Balaban J connectivity index is 1.94. The number of hydrogen-bond donors (Lipinski definition) is 2. The van der Waals surface area contributed by atoms with Crippen LogP contribution in [0.15, 0.2) is 24.3 Å². The lowest BCUT2D eigenvalue weighted by molar-refractivity contribution is -0.133. The van der Waals surface area contributed by atoms with E-state index in [1.165, 1.54) is 0 Å². The van der Waals surface area contributed by atoms with Crippen LogP contribution < -0.4 is 11.1 Å². The summed E-state index contributed by atoms with van der Waals surface area (Å²) in [6, 6.07) is 6.70. The van der Waals surface area contributed by atoms with Crippen molar-refractivity contribution in [2.75, 3.05) is 6.54 Å². The summed E-state index contributed by atoms with van der Waals surface area (Å²) in [5.41, 5.74) is 5.53. The molecule has 0 saturated heterocycles. The maximum Gasteiger partial charge on any atom is 0.390 e. The molecule has 1 aromatic carbocycles. The maximum absolute atomic E-state index is 12.1. The standard InChI is InChI=1S/C14H16ClF3N2O/c15-10-3-1-9(2-4-10)7-13(12(19)21)8-11(13)20-6-5-14(16,17)18/h1-4,11,20H,5-8H2,(H2,19,21). The molecule has 0 heterocycles. The summed E-state index contributed by atoms with van der Waals surface area (Å²) < 4.78 is 36.4. The number of nitrogens with one attached hydrogen (secondary N) is 1. The normalized spacial score (nSPS) is 24.9. The van der Waals surface area contributed by atoms with Crippen LogP contribution in [0.4, 0.5) is 13.2 Å².